The van der Waals surface area contributed by atoms with E-state index in [-0.39, 0.29) is 5.69 Å². The Bertz CT molecular complexity index is 1500. The number of carbonyl (C=O) groups is 2. The Morgan fingerprint density at radius 3 is 2.53 bits per heavy atom. The Hall–Kier alpha value is -4.02. The molecule has 0 aliphatic carbocycles. The summed E-state index contributed by atoms with van der Waals surface area (Å²) in [5.74, 6) is -0.393. The number of halogens is 1. The van der Waals surface area contributed by atoms with E-state index in [0.29, 0.717) is 40.8 Å². The molecule has 5 rings (SSSR count). The van der Waals surface area contributed by atoms with Gasteiger partial charge in [-0.25, -0.2) is 9.37 Å². The summed E-state index contributed by atoms with van der Waals surface area (Å²) in [6.45, 7) is 7.66. The average Bonchev–Trinajstić information content (AvgIpc) is 3.37. The summed E-state index contributed by atoms with van der Waals surface area (Å²) in [7, 11) is 0. The number of nitrogens with zero attached hydrogens (tertiary/aromatic N) is 2. The molecule has 4 aromatic rings. The lowest BCUT2D eigenvalue weighted by atomic mass is 10.1. The van der Waals surface area contributed by atoms with Crippen LogP contribution in [0.4, 0.5) is 15.8 Å². The smallest absolute Gasteiger partial charge is 0.265 e. The molecule has 0 saturated heterocycles. The Labute approximate surface area is 223 Å². The molecule has 2 amide bonds. The predicted molar refractivity (Wildman–Crippen MR) is 146 cm³/mol. The number of aromatic nitrogens is 1. The monoisotopic (exact) mass is 534 g/mol. The fraction of sp³-hybridized carbons (Fsp3) is 0.250. The van der Waals surface area contributed by atoms with Crippen molar-refractivity contribution in [2.45, 2.75) is 20.4 Å². The lowest BCUT2D eigenvalue weighted by Crippen LogP contribution is -2.22. The molecule has 0 spiro atoms. The zero-order valence-electron chi connectivity index (χ0n) is 21.0. The van der Waals surface area contributed by atoms with Crippen LogP contribution in [0.3, 0.4) is 0 Å². The van der Waals surface area contributed by atoms with Crippen molar-refractivity contribution in [2.75, 3.05) is 36.9 Å². The molecule has 8 nitrogen and oxygen atoms in total. The quantitative estimate of drug-likeness (QED) is 0.308. The van der Waals surface area contributed by atoms with E-state index < -0.39 is 17.6 Å². The maximum atomic E-state index is 14.6. The van der Waals surface area contributed by atoms with E-state index >= 15 is 0 Å². The lowest BCUT2D eigenvalue weighted by molar-refractivity contribution is 0.102. The Morgan fingerprint density at radius 1 is 0.947 bits per heavy atom. The van der Waals surface area contributed by atoms with Crippen LogP contribution in [0.15, 0.2) is 54.6 Å². The average molecular weight is 535 g/mol. The van der Waals surface area contributed by atoms with E-state index in [1.807, 2.05) is 12.1 Å². The number of pyridine rings is 1. The number of fused-ring (bicyclic) bond motifs is 2. The van der Waals surface area contributed by atoms with Crippen molar-refractivity contribution in [1.82, 2.24) is 9.88 Å². The van der Waals surface area contributed by atoms with E-state index in [1.54, 1.807) is 24.3 Å². The summed E-state index contributed by atoms with van der Waals surface area (Å²) >= 11 is 1.25. The van der Waals surface area contributed by atoms with Crippen LogP contribution in [0.2, 0.25) is 0 Å². The van der Waals surface area contributed by atoms with Gasteiger partial charge in [-0.05, 0) is 61.6 Å². The van der Waals surface area contributed by atoms with E-state index in [9.17, 15) is 14.0 Å². The highest BCUT2D eigenvalue weighted by Gasteiger charge is 2.17. The molecule has 0 unspecified atom stereocenters. The number of rotatable bonds is 8. The van der Waals surface area contributed by atoms with E-state index in [4.69, 9.17) is 14.5 Å². The van der Waals surface area contributed by atoms with Crippen LogP contribution in [0.1, 0.15) is 39.6 Å². The molecule has 0 radical (unpaired) electrons. The van der Waals surface area contributed by atoms with Gasteiger partial charge >= 0.3 is 0 Å². The standard InChI is InChI=1S/C28H27FN4O4S/c1-3-33(4-2)16-20-7-5-18-14-25(38-28(18)31-20)27(35)32-22-15-19(8-9-21(22)29)30-26(34)17-6-10-23-24(13-17)37-12-11-36-23/h5-10,13-15H,3-4,11-12,16H2,1-2H3,(H,30,34)(H,32,35). The van der Waals surface area contributed by atoms with Gasteiger partial charge < -0.3 is 20.1 Å². The highest BCUT2D eigenvalue weighted by atomic mass is 32.1. The number of amides is 2. The number of thiophene rings is 1. The molecule has 10 heteroatoms. The fourth-order valence-corrected chi connectivity index (χ4v) is 5.05. The maximum Gasteiger partial charge on any atom is 0.265 e. The first-order valence-corrected chi connectivity index (χ1v) is 13.2. The van der Waals surface area contributed by atoms with Crippen molar-refractivity contribution in [3.63, 3.8) is 0 Å². The Kier molecular flexibility index (Phi) is 7.52. The van der Waals surface area contributed by atoms with Crippen molar-refractivity contribution < 1.29 is 23.5 Å². The van der Waals surface area contributed by atoms with Crippen molar-refractivity contribution in [3.05, 3.63) is 76.5 Å². The van der Waals surface area contributed by atoms with Crippen LogP contribution in [0, 0.1) is 5.82 Å². The molecule has 38 heavy (non-hydrogen) atoms. The second kappa shape index (κ2) is 11.2. The highest BCUT2D eigenvalue weighted by molar-refractivity contribution is 7.20. The van der Waals surface area contributed by atoms with Crippen LogP contribution in [0.5, 0.6) is 11.5 Å². The van der Waals surface area contributed by atoms with Crippen LogP contribution < -0.4 is 20.1 Å². The minimum Gasteiger partial charge on any atom is -0.486 e. The van der Waals surface area contributed by atoms with Gasteiger partial charge in [-0.2, -0.15) is 0 Å². The summed E-state index contributed by atoms with van der Waals surface area (Å²) in [6, 6.07) is 14.6. The van der Waals surface area contributed by atoms with Crippen LogP contribution >= 0.6 is 11.3 Å². The maximum absolute atomic E-state index is 14.6. The van der Waals surface area contributed by atoms with Crippen LogP contribution in [-0.4, -0.2) is 48.0 Å². The molecular formula is C28H27FN4O4S. The second-order valence-electron chi connectivity index (χ2n) is 8.73. The molecule has 1 aliphatic heterocycles. The third-order valence-electron chi connectivity index (χ3n) is 6.22. The normalized spacial score (nSPS) is 12.5. The molecule has 2 aromatic heterocycles. The highest BCUT2D eigenvalue weighted by Crippen LogP contribution is 2.31. The molecule has 196 valence electrons. The van der Waals surface area contributed by atoms with Gasteiger partial charge in [-0.3, -0.25) is 14.5 Å². The number of ether oxygens (including phenoxy) is 2. The molecule has 0 atom stereocenters. The van der Waals surface area contributed by atoms with E-state index in [2.05, 4.69) is 29.4 Å². The molecule has 2 N–H and O–H groups in total. The summed E-state index contributed by atoms with van der Waals surface area (Å²) in [6.07, 6.45) is 0. The number of nitrogens with one attached hydrogen (secondary N) is 2. The van der Waals surface area contributed by atoms with Crippen molar-refractivity contribution >= 4 is 44.7 Å². The summed E-state index contributed by atoms with van der Waals surface area (Å²) in [5.41, 5.74) is 1.59. The van der Waals surface area contributed by atoms with Crippen LogP contribution in [0.25, 0.3) is 10.2 Å². The molecule has 0 bridgehead atoms. The van der Waals surface area contributed by atoms with Gasteiger partial charge in [-0.15, -0.1) is 11.3 Å². The van der Waals surface area contributed by atoms with Crippen molar-refractivity contribution in [1.29, 1.82) is 0 Å². The minimum absolute atomic E-state index is 0.0392. The van der Waals surface area contributed by atoms with Crippen molar-refractivity contribution in [2.24, 2.45) is 0 Å². The van der Waals surface area contributed by atoms with Crippen LogP contribution in [-0.2, 0) is 6.54 Å². The van der Waals surface area contributed by atoms with Gasteiger partial charge in [0.15, 0.2) is 11.5 Å². The van der Waals surface area contributed by atoms with E-state index in [1.165, 1.54) is 29.5 Å². The Balaban J connectivity index is 1.29. The van der Waals surface area contributed by atoms with Gasteiger partial charge in [0.05, 0.1) is 16.3 Å². The summed E-state index contributed by atoms with van der Waals surface area (Å²) in [5, 5.41) is 6.20. The second-order valence-corrected chi connectivity index (χ2v) is 9.76. The first-order chi connectivity index (χ1) is 18.4. The molecular weight excluding hydrogens is 507 g/mol. The van der Waals surface area contributed by atoms with Gasteiger partial charge in [-0.1, -0.05) is 19.9 Å². The number of hydrogen-bond acceptors (Lipinski definition) is 7. The van der Waals surface area contributed by atoms with Gasteiger partial charge in [0.1, 0.15) is 23.9 Å². The third kappa shape index (κ3) is 5.61. The zero-order chi connectivity index (χ0) is 26.6. The fourth-order valence-electron chi connectivity index (χ4n) is 4.10. The number of carbonyl (C=O) groups excluding carboxylic acids is 2. The first-order valence-electron chi connectivity index (χ1n) is 12.4. The summed E-state index contributed by atoms with van der Waals surface area (Å²) < 4.78 is 25.6. The van der Waals surface area contributed by atoms with Gasteiger partial charge in [0, 0.05) is 23.2 Å². The molecule has 2 aromatic carbocycles. The summed E-state index contributed by atoms with van der Waals surface area (Å²) in [4.78, 5) is 33.9. The minimum atomic E-state index is -0.614. The molecule has 0 fully saturated rings. The first kappa shape index (κ1) is 25.6. The van der Waals surface area contributed by atoms with E-state index in [0.717, 1.165) is 35.5 Å². The number of anilines is 2. The number of benzene rings is 2. The zero-order valence-corrected chi connectivity index (χ0v) is 21.9. The van der Waals surface area contributed by atoms with Gasteiger partial charge in [0.2, 0.25) is 0 Å². The largest absolute Gasteiger partial charge is 0.486 e. The molecule has 0 saturated carbocycles. The van der Waals surface area contributed by atoms with Gasteiger partial charge in [0.25, 0.3) is 11.8 Å². The Morgan fingerprint density at radius 2 is 1.74 bits per heavy atom. The molecule has 1 aliphatic rings. The lowest BCUT2D eigenvalue weighted by Gasteiger charge is -2.18. The topological polar surface area (TPSA) is 92.8 Å². The predicted octanol–water partition coefficient (Wildman–Crippen LogP) is 5.55. The van der Waals surface area contributed by atoms with Crippen molar-refractivity contribution in [3.8, 4) is 11.5 Å². The number of hydrogen-bond donors (Lipinski definition) is 2. The molecule has 3 heterocycles. The SMILES string of the molecule is CCN(CC)Cc1ccc2cc(C(=O)Nc3cc(NC(=O)c4ccc5c(c4)OCCO5)ccc3F)sc2n1. The third-order valence-corrected chi connectivity index (χ3v) is 7.26.